The summed E-state index contributed by atoms with van der Waals surface area (Å²) in [5.74, 6) is 0.879. The lowest BCUT2D eigenvalue weighted by molar-refractivity contribution is 0.252. The second-order valence-electron chi connectivity index (χ2n) is 6.03. The summed E-state index contributed by atoms with van der Waals surface area (Å²) in [7, 11) is 0. The second-order valence-corrected chi connectivity index (χ2v) is 6.03. The van der Waals surface area contributed by atoms with Gasteiger partial charge in [0.05, 0.1) is 0 Å². The van der Waals surface area contributed by atoms with E-state index >= 15 is 0 Å². The molecule has 0 bridgehead atoms. The van der Waals surface area contributed by atoms with Crippen molar-refractivity contribution in [3.05, 3.63) is 24.3 Å². The summed E-state index contributed by atoms with van der Waals surface area (Å²) in [6.07, 6.45) is 5.17. The minimum absolute atomic E-state index is 0.00646. The van der Waals surface area contributed by atoms with Gasteiger partial charge in [-0.2, -0.15) is 0 Å². The van der Waals surface area contributed by atoms with Crippen LogP contribution in [0, 0.1) is 5.92 Å². The van der Waals surface area contributed by atoms with Gasteiger partial charge in [0.15, 0.2) is 0 Å². The summed E-state index contributed by atoms with van der Waals surface area (Å²) >= 11 is 0. The molecule has 1 heterocycles. The van der Waals surface area contributed by atoms with Crippen LogP contribution in [-0.4, -0.2) is 25.2 Å². The SMILES string of the molecule is CC1CCC(Nc2ccc(N3CCNC3=O)cc2)CC1. The first-order chi connectivity index (χ1) is 9.72. The molecule has 4 heteroatoms. The standard InChI is InChI=1S/C16H23N3O/c1-12-2-4-13(5-3-12)18-14-6-8-15(9-7-14)19-11-10-17-16(19)20/h6-9,12-13,18H,2-5,10-11H2,1H3,(H,17,20). The molecule has 1 aromatic rings. The van der Waals surface area contributed by atoms with Crippen molar-refractivity contribution in [2.24, 2.45) is 5.92 Å². The van der Waals surface area contributed by atoms with E-state index in [9.17, 15) is 4.79 Å². The van der Waals surface area contributed by atoms with Crippen molar-refractivity contribution in [2.75, 3.05) is 23.3 Å². The zero-order valence-electron chi connectivity index (χ0n) is 12.1. The lowest BCUT2D eigenvalue weighted by atomic mass is 9.87. The fourth-order valence-electron chi connectivity index (χ4n) is 3.10. The Balaban J connectivity index is 1.60. The van der Waals surface area contributed by atoms with E-state index in [0.717, 1.165) is 30.4 Å². The summed E-state index contributed by atoms with van der Waals surface area (Å²) in [6, 6.07) is 8.83. The largest absolute Gasteiger partial charge is 0.382 e. The maximum absolute atomic E-state index is 11.6. The molecule has 2 amide bonds. The Kier molecular flexibility index (Phi) is 3.81. The fourth-order valence-corrected chi connectivity index (χ4v) is 3.10. The number of carbonyl (C=O) groups is 1. The van der Waals surface area contributed by atoms with E-state index in [1.54, 1.807) is 4.90 Å². The maximum atomic E-state index is 11.6. The van der Waals surface area contributed by atoms with Gasteiger partial charge in [0, 0.05) is 30.5 Å². The van der Waals surface area contributed by atoms with Gasteiger partial charge in [0.25, 0.3) is 0 Å². The Morgan fingerprint density at radius 3 is 2.45 bits per heavy atom. The predicted molar refractivity (Wildman–Crippen MR) is 82.2 cm³/mol. The van der Waals surface area contributed by atoms with Crippen molar-refractivity contribution in [3.63, 3.8) is 0 Å². The molecule has 1 aromatic carbocycles. The molecule has 2 aliphatic rings. The Bertz CT molecular complexity index is 463. The first kappa shape index (κ1) is 13.3. The third-order valence-electron chi connectivity index (χ3n) is 4.42. The van der Waals surface area contributed by atoms with Crippen molar-refractivity contribution in [2.45, 2.75) is 38.6 Å². The van der Waals surface area contributed by atoms with Crippen molar-refractivity contribution in [1.82, 2.24) is 5.32 Å². The summed E-state index contributed by atoms with van der Waals surface area (Å²) in [5.41, 5.74) is 2.13. The van der Waals surface area contributed by atoms with Gasteiger partial charge >= 0.3 is 6.03 Å². The van der Waals surface area contributed by atoms with E-state index in [1.165, 1.54) is 25.7 Å². The quantitative estimate of drug-likeness (QED) is 0.888. The average Bonchev–Trinajstić information content (AvgIpc) is 2.89. The Morgan fingerprint density at radius 2 is 1.85 bits per heavy atom. The van der Waals surface area contributed by atoms with Gasteiger partial charge in [-0.1, -0.05) is 6.92 Å². The molecule has 0 unspecified atom stereocenters. The fraction of sp³-hybridized carbons (Fsp3) is 0.562. The van der Waals surface area contributed by atoms with E-state index < -0.39 is 0 Å². The number of benzene rings is 1. The Labute approximate surface area is 120 Å². The van der Waals surface area contributed by atoms with Crippen LogP contribution in [0.15, 0.2) is 24.3 Å². The third kappa shape index (κ3) is 2.89. The highest BCUT2D eigenvalue weighted by atomic mass is 16.2. The minimum Gasteiger partial charge on any atom is -0.382 e. The molecule has 1 aliphatic heterocycles. The molecule has 0 aromatic heterocycles. The van der Waals surface area contributed by atoms with Crippen LogP contribution in [0.1, 0.15) is 32.6 Å². The summed E-state index contributed by atoms with van der Waals surface area (Å²) in [6.45, 7) is 3.83. The number of carbonyl (C=O) groups excluding carboxylic acids is 1. The molecule has 3 rings (SSSR count). The summed E-state index contributed by atoms with van der Waals surface area (Å²) in [4.78, 5) is 13.4. The second kappa shape index (κ2) is 5.73. The van der Waals surface area contributed by atoms with Crippen LogP contribution in [0.25, 0.3) is 0 Å². The number of hydrogen-bond donors (Lipinski definition) is 2. The van der Waals surface area contributed by atoms with Crippen LogP contribution >= 0.6 is 0 Å². The van der Waals surface area contributed by atoms with E-state index in [4.69, 9.17) is 0 Å². The minimum atomic E-state index is 0.00646. The highest BCUT2D eigenvalue weighted by Crippen LogP contribution is 2.27. The molecular formula is C16H23N3O. The molecule has 1 saturated heterocycles. The van der Waals surface area contributed by atoms with Gasteiger partial charge in [-0.3, -0.25) is 4.90 Å². The number of amides is 2. The summed E-state index contributed by atoms with van der Waals surface area (Å²) < 4.78 is 0. The van der Waals surface area contributed by atoms with Crippen molar-refractivity contribution >= 4 is 17.4 Å². The lowest BCUT2D eigenvalue weighted by Gasteiger charge is -2.28. The molecule has 20 heavy (non-hydrogen) atoms. The Hall–Kier alpha value is -1.71. The van der Waals surface area contributed by atoms with Gasteiger partial charge in [-0.15, -0.1) is 0 Å². The zero-order valence-corrected chi connectivity index (χ0v) is 12.1. The molecule has 0 atom stereocenters. The van der Waals surface area contributed by atoms with Crippen LogP contribution in [0.3, 0.4) is 0 Å². The smallest absolute Gasteiger partial charge is 0.321 e. The highest BCUT2D eigenvalue weighted by molar-refractivity contribution is 5.94. The predicted octanol–water partition coefficient (Wildman–Crippen LogP) is 3.21. The molecule has 1 aliphatic carbocycles. The van der Waals surface area contributed by atoms with Gasteiger partial charge in [0.1, 0.15) is 0 Å². The topological polar surface area (TPSA) is 44.4 Å². The third-order valence-corrected chi connectivity index (χ3v) is 4.42. The van der Waals surface area contributed by atoms with Crippen LogP contribution in [0.5, 0.6) is 0 Å². The van der Waals surface area contributed by atoms with Crippen molar-refractivity contribution in [3.8, 4) is 0 Å². The van der Waals surface area contributed by atoms with Crippen molar-refractivity contribution < 1.29 is 4.79 Å². The van der Waals surface area contributed by atoms with Gasteiger partial charge in [-0.05, 0) is 55.9 Å². The van der Waals surface area contributed by atoms with Crippen LogP contribution < -0.4 is 15.5 Å². The average molecular weight is 273 g/mol. The first-order valence-electron chi connectivity index (χ1n) is 7.64. The van der Waals surface area contributed by atoms with Crippen molar-refractivity contribution in [1.29, 1.82) is 0 Å². The molecule has 2 N–H and O–H groups in total. The van der Waals surface area contributed by atoms with Gasteiger partial charge in [0.2, 0.25) is 0 Å². The molecule has 4 nitrogen and oxygen atoms in total. The van der Waals surface area contributed by atoms with Crippen LogP contribution in [0.4, 0.5) is 16.2 Å². The lowest BCUT2D eigenvalue weighted by Crippen LogP contribution is -2.27. The number of rotatable bonds is 3. The Morgan fingerprint density at radius 1 is 1.15 bits per heavy atom. The normalized spacial score (nSPS) is 26.4. The first-order valence-corrected chi connectivity index (χ1v) is 7.64. The van der Waals surface area contributed by atoms with E-state index in [0.29, 0.717) is 6.04 Å². The molecule has 0 radical (unpaired) electrons. The molecule has 108 valence electrons. The molecular weight excluding hydrogens is 250 g/mol. The monoisotopic (exact) mass is 273 g/mol. The van der Waals surface area contributed by atoms with Crippen LogP contribution in [-0.2, 0) is 0 Å². The highest BCUT2D eigenvalue weighted by Gasteiger charge is 2.21. The number of hydrogen-bond acceptors (Lipinski definition) is 2. The molecule has 1 saturated carbocycles. The zero-order chi connectivity index (χ0) is 13.9. The number of nitrogens with zero attached hydrogens (tertiary/aromatic N) is 1. The van der Waals surface area contributed by atoms with E-state index in [-0.39, 0.29) is 6.03 Å². The number of anilines is 2. The molecule has 0 spiro atoms. The van der Waals surface area contributed by atoms with Crippen LogP contribution in [0.2, 0.25) is 0 Å². The van der Waals surface area contributed by atoms with E-state index in [1.807, 2.05) is 12.1 Å². The number of urea groups is 1. The molecule has 2 fully saturated rings. The maximum Gasteiger partial charge on any atom is 0.321 e. The van der Waals surface area contributed by atoms with Gasteiger partial charge in [-0.25, -0.2) is 4.79 Å². The summed E-state index contributed by atoms with van der Waals surface area (Å²) in [5, 5.41) is 6.44. The van der Waals surface area contributed by atoms with E-state index in [2.05, 4.69) is 29.7 Å². The van der Waals surface area contributed by atoms with Gasteiger partial charge < -0.3 is 10.6 Å². The number of nitrogens with one attached hydrogen (secondary N) is 2.